The van der Waals surface area contributed by atoms with E-state index in [2.05, 4.69) is 4.74 Å². The van der Waals surface area contributed by atoms with Crippen LogP contribution in [0.5, 0.6) is 11.5 Å². The van der Waals surface area contributed by atoms with Crippen LogP contribution in [0.1, 0.15) is 12.5 Å². The van der Waals surface area contributed by atoms with E-state index in [1.165, 1.54) is 20.1 Å². The van der Waals surface area contributed by atoms with Gasteiger partial charge in [-0.15, -0.1) is 0 Å². The number of esters is 1. The van der Waals surface area contributed by atoms with Crippen LogP contribution in [0.3, 0.4) is 0 Å². The number of rotatable bonds is 3. The van der Waals surface area contributed by atoms with E-state index in [1.807, 2.05) is 22.6 Å². The fourth-order valence-electron chi connectivity index (χ4n) is 1.99. The van der Waals surface area contributed by atoms with Gasteiger partial charge in [0.25, 0.3) is 0 Å². The average Bonchev–Trinajstić information content (AvgIpc) is 2.45. The summed E-state index contributed by atoms with van der Waals surface area (Å²) < 4.78 is 54.8. The van der Waals surface area contributed by atoms with E-state index >= 15 is 0 Å². The first-order chi connectivity index (χ1) is 10.3. The van der Waals surface area contributed by atoms with Gasteiger partial charge in [0.1, 0.15) is 11.5 Å². The third-order valence-corrected chi connectivity index (χ3v) is 3.72. The lowest BCUT2D eigenvalue weighted by Gasteiger charge is -2.28. The number of carbonyl (C=O) groups is 1. The Morgan fingerprint density at radius 2 is 2.09 bits per heavy atom. The van der Waals surface area contributed by atoms with E-state index in [-0.39, 0.29) is 12.4 Å². The van der Waals surface area contributed by atoms with E-state index in [0.717, 1.165) is 6.08 Å². The lowest BCUT2D eigenvalue weighted by molar-refractivity contribution is -0.188. The van der Waals surface area contributed by atoms with Gasteiger partial charge in [-0.1, -0.05) is 0 Å². The molecule has 22 heavy (non-hydrogen) atoms. The van der Waals surface area contributed by atoms with Crippen LogP contribution in [0.4, 0.5) is 13.2 Å². The molecule has 0 radical (unpaired) electrons. The number of hydrogen-bond acceptors (Lipinski definition) is 4. The summed E-state index contributed by atoms with van der Waals surface area (Å²) in [6.07, 6.45) is -5.93. The van der Waals surface area contributed by atoms with Gasteiger partial charge in [0.05, 0.1) is 22.9 Å². The molecule has 0 spiro atoms. The molecule has 1 aromatic carbocycles. The van der Waals surface area contributed by atoms with Crippen molar-refractivity contribution < 1.29 is 32.2 Å². The Hall–Kier alpha value is -1.45. The molecule has 0 fully saturated rings. The zero-order chi connectivity index (χ0) is 16.5. The van der Waals surface area contributed by atoms with E-state index in [1.54, 1.807) is 6.07 Å². The SMILES string of the molecule is CCOC(=O)C1=Cc2cc(OC)cc(I)c2OC1C(F)(F)F. The number of carbonyl (C=O) groups excluding carboxylic acids is 1. The van der Waals surface area contributed by atoms with Gasteiger partial charge in [-0.25, -0.2) is 4.79 Å². The molecule has 1 atom stereocenters. The number of hydrogen-bond donors (Lipinski definition) is 0. The molecular formula is C14H12F3IO4. The third kappa shape index (κ3) is 3.31. The molecule has 0 bridgehead atoms. The maximum Gasteiger partial charge on any atom is 0.430 e. The molecular weight excluding hydrogens is 416 g/mol. The fraction of sp³-hybridized carbons (Fsp3) is 0.357. The van der Waals surface area contributed by atoms with Crippen molar-refractivity contribution in [3.63, 3.8) is 0 Å². The monoisotopic (exact) mass is 428 g/mol. The second-order valence-corrected chi connectivity index (χ2v) is 5.55. The third-order valence-electron chi connectivity index (χ3n) is 2.92. The molecule has 2 rings (SSSR count). The maximum absolute atomic E-state index is 13.2. The van der Waals surface area contributed by atoms with Crippen molar-refractivity contribution >= 4 is 34.6 Å². The molecule has 0 aliphatic carbocycles. The summed E-state index contributed by atoms with van der Waals surface area (Å²) in [7, 11) is 1.44. The van der Waals surface area contributed by atoms with E-state index in [4.69, 9.17) is 9.47 Å². The lowest BCUT2D eigenvalue weighted by Crippen LogP contribution is -2.41. The standard InChI is InChI=1S/C14H12F3IO4/c1-3-21-13(19)9-5-7-4-8(20-2)6-10(18)11(7)22-12(9)14(15,16)17/h4-6,12H,3H2,1-2H3. The van der Waals surface area contributed by atoms with Crippen LogP contribution in [-0.2, 0) is 9.53 Å². The summed E-state index contributed by atoms with van der Waals surface area (Å²) in [6, 6.07) is 3.05. The molecule has 1 aliphatic rings. The van der Waals surface area contributed by atoms with Gasteiger partial charge in [0.2, 0.25) is 6.10 Å². The van der Waals surface area contributed by atoms with Gasteiger partial charge in [0.15, 0.2) is 0 Å². The first kappa shape index (κ1) is 16.9. The molecule has 4 nitrogen and oxygen atoms in total. The number of ether oxygens (including phenoxy) is 3. The zero-order valence-electron chi connectivity index (χ0n) is 11.7. The fourth-order valence-corrected chi connectivity index (χ4v) is 2.73. The largest absolute Gasteiger partial charge is 0.497 e. The molecule has 1 unspecified atom stereocenters. The Kier molecular flexibility index (Phi) is 4.88. The molecule has 1 aliphatic heterocycles. The molecule has 120 valence electrons. The molecule has 1 heterocycles. The van der Waals surface area contributed by atoms with Crippen LogP contribution < -0.4 is 9.47 Å². The van der Waals surface area contributed by atoms with Crippen LogP contribution >= 0.6 is 22.6 Å². The molecule has 8 heteroatoms. The first-order valence-electron chi connectivity index (χ1n) is 6.27. The number of fused-ring (bicyclic) bond motifs is 1. The average molecular weight is 428 g/mol. The molecule has 1 aromatic rings. The Morgan fingerprint density at radius 1 is 1.41 bits per heavy atom. The highest BCUT2D eigenvalue weighted by Gasteiger charge is 2.49. The summed E-state index contributed by atoms with van der Waals surface area (Å²) >= 11 is 1.85. The number of methoxy groups -OCH3 is 1. The predicted octanol–water partition coefficient (Wildman–Crippen LogP) is 3.57. The highest BCUT2D eigenvalue weighted by molar-refractivity contribution is 14.1. The van der Waals surface area contributed by atoms with Crippen molar-refractivity contribution in [1.82, 2.24) is 0 Å². The van der Waals surface area contributed by atoms with Crippen molar-refractivity contribution in [3.05, 3.63) is 26.8 Å². The van der Waals surface area contributed by atoms with Gasteiger partial charge < -0.3 is 14.2 Å². The smallest absolute Gasteiger partial charge is 0.430 e. The summed E-state index contributed by atoms with van der Waals surface area (Å²) in [4.78, 5) is 11.8. The second-order valence-electron chi connectivity index (χ2n) is 4.39. The van der Waals surface area contributed by atoms with E-state index < -0.39 is 23.8 Å². The van der Waals surface area contributed by atoms with Gasteiger partial charge in [-0.3, -0.25) is 0 Å². The number of alkyl halides is 3. The lowest BCUT2D eigenvalue weighted by atomic mass is 10.0. The quantitative estimate of drug-likeness (QED) is 0.546. The van der Waals surface area contributed by atoms with Gasteiger partial charge >= 0.3 is 12.1 Å². The van der Waals surface area contributed by atoms with Crippen LogP contribution in [0.25, 0.3) is 6.08 Å². The van der Waals surface area contributed by atoms with Crippen molar-refractivity contribution in [2.45, 2.75) is 19.2 Å². The second kappa shape index (κ2) is 6.35. The Labute approximate surface area is 138 Å². The number of benzene rings is 1. The maximum atomic E-state index is 13.2. The highest BCUT2D eigenvalue weighted by Crippen LogP contribution is 2.41. The minimum atomic E-state index is -4.72. The van der Waals surface area contributed by atoms with Crippen molar-refractivity contribution in [2.24, 2.45) is 0 Å². The van der Waals surface area contributed by atoms with Crippen LogP contribution in [-0.4, -0.2) is 32.0 Å². The summed E-state index contributed by atoms with van der Waals surface area (Å²) in [6.45, 7) is 1.49. The molecule has 0 amide bonds. The topological polar surface area (TPSA) is 44.8 Å². The van der Waals surface area contributed by atoms with Crippen LogP contribution in [0, 0.1) is 3.57 Å². The van der Waals surface area contributed by atoms with Gasteiger partial charge in [0, 0.05) is 5.56 Å². The van der Waals surface area contributed by atoms with E-state index in [0.29, 0.717) is 14.9 Å². The summed E-state index contributed by atoms with van der Waals surface area (Å²) in [5.41, 5.74) is -0.238. The predicted molar refractivity (Wildman–Crippen MR) is 80.8 cm³/mol. The summed E-state index contributed by atoms with van der Waals surface area (Å²) in [5, 5.41) is 0. The normalized spacial score (nSPS) is 17.2. The Balaban J connectivity index is 2.56. The van der Waals surface area contributed by atoms with E-state index in [9.17, 15) is 18.0 Å². The first-order valence-corrected chi connectivity index (χ1v) is 7.35. The molecule has 0 saturated heterocycles. The van der Waals surface area contributed by atoms with Crippen molar-refractivity contribution in [1.29, 1.82) is 0 Å². The minimum absolute atomic E-state index is 0.0246. The van der Waals surface area contributed by atoms with Crippen LogP contribution in [0.15, 0.2) is 17.7 Å². The van der Waals surface area contributed by atoms with Crippen molar-refractivity contribution in [2.75, 3.05) is 13.7 Å². The Morgan fingerprint density at radius 3 is 2.64 bits per heavy atom. The van der Waals surface area contributed by atoms with Crippen molar-refractivity contribution in [3.8, 4) is 11.5 Å². The van der Waals surface area contributed by atoms with Crippen LogP contribution in [0.2, 0.25) is 0 Å². The van der Waals surface area contributed by atoms with Gasteiger partial charge in [-0.2, -0.15) is 13.2 Å². The molecule has 0 N–H and O–H groups in total. The number of halogens is 4. The minimum Gasteiger partial charge on any atom is -0.497 e. The zero-order valence-corrected chi connectivity index (χ0v) is 13.8. The van der Waals surface area contributed by atoms with Gasteiger partial charge in [-0.05, 0) is 47.7 Å². The summed E-state index contributed by atoms with van der Waals surface area (Å²) in [5.74, 6) is -0.526. The highest BCUT2D eigenvalue weighted by atomic mass is 127. The molecule has 0 saturated carbocycles. The molecule has 0 aromatic heterocycles. The Bertz CT molecular complexity index is 625.